The molecule has 1 aliphatic heterocycles. The van der Waals surface area contributed by atoms with E-state index >= 15 is 0 Å². The van der Waals surface area contributed by atoms with Crippen molar-refractivity contribution in [1.82, 2.24) is 15.1 Å². The number of β-amino-alcohol motifs (C(OH)–C–C–N with tert-alkyl or cyclic N) is 1. The monoisotopic (exact) mass is 284 g/mol. The molecule has 1 aromatic rings. The minimum absolute atomic E-state index is 0.0741. The third-order valence-electron chi connectivity index (χ3n) is 3.86. The number of ether oxygens (including phenoxy) is 1. The Morgan fingerprint density at radius 1 is 1.80 bits per heavy atom. The van der Waals surface area contributed by atoms with E-state index in [1.807, 2.05) is 6.92 Å². The zero-order valence-electron chi connectivity index (χ0n) is 11.7. The van der Waals surface area contributed by atoms with Crippen molar-refractivity contribution in [1.29, 1.82) is 0 Å². The van der Waals surface area contributed by atoms with Crippen molar-refractivity contribution in [2.45, 2.75) is 44.6 Å². The molecule has 1 aliphatic rings. The highest BCUT2D eigenvalue weighted by atomic mass is 16.6. The standard InChI is InChI=1S/C12H20N4O4/c1-9-12(2,3-4-20-9)13-6-11(17)8-15-7-10(5-14-15)16(18)19/h5,7,9,11,13,17H,3-4,6,8H2,1-2H3. The third kappa shape index (κ3) is 3.33. The lowest BCUT2D eigenvalue weighted by molar-refractivity contribution is -0.385. The van der Waals surface area contributed by atoms with Gasteiger partial charge in [-0.05, 0) is 20.3 Å². The predicted molar refractivity (Wildman–Crippen MR) is 71.3 cm³/mol. The minimum Gasteiger partial charge on any atom is -0.390 e. The quantitative estimate of drug-likeness (QED) is 0.575. The number of hydrogen-bond donors (Lipinski definition) is 2. The molecule has 3 atom stereocenters. The number of rotatable bonds is 6. The summed E-state index contributed by atoms with van der Waals surface area (Å²) < 4.78 is 6.89. The topological polar surface area (TPSA) is 102 Å². The van der Waals surface area contributed by atoms with Crippen molar-refractivity contribution in [2.75, 3.05) is 13.2 Å². The Hall–Kier alpha value is -1.51. The number of aliphatic hydroxyl groups is 1. The molecule has 3 unspecified atom stereocenters. The molecule has 1 saturated heterocycles. The van der Waals surface area contributed by atoms with Crippen LogP contribution in [-0.2, 0) is 11.3 Å². The Morgan fingerprint density at radius 3 is 3.10 bits per heavy atom. The molecule has 0 saturated carbocycles. The molecular weight excluding hydrogens is 264 g/mol. The maximum absolute atomic E-state index is 10.5. The molecule has 0 aliphatic carbocycles. The van der Waals surface area contributed by atoms with E-state index in [1.165, 1.54) is 17.1 Å². The Morgan fingerprint density at radius 2 is 2.55 bits per heavy atom. The lowest BCUT2D eigenvalue weighted by Crippen LogP contribution is -2.50. The molecule has 0 radical (unpaired) electrons. The molecule has 0 amide bonds. The second kappa shape index (κ2) is 5.86. The summed E-state index contributed by atoms with van der Waals surface area (Å²) in [6.07, 6.45) is 2.81. The highest BCUT2D eigenvalue weighted by Crippen LogP contribution is 2.24. The van der Waals surface area contributed by atoms with Crippen LogP contribution in [0.2, 0.25) is 0 Å². The van der Waals surface area contributed by atoms with E-state index in [0.29, 0.717) is 13.2 Å². The van der Waals surface area contributed by atoms with E-state index in [2.05, 4.69) is 17.3 Å². The average molecular weight is 284 g/mol. The van der Waals surface area contributed by atoms with Crippen molar-refractivity contribution in [3.05, 3.63) is 22.5 Å². The molecule has 2 rings (SSSR count). The number of nitrogens with one attached hydrogen (secondary N) is 1. The second-order valence-corrected chi connectivity index (χ2v) is 5.39. The molecule has 8 heteroatoms. The normalized spacial score (nSPS) is 27.6. The van der Waals surface area contributed by atoms with Crippen LogP contribution in [0.15, 0.2) is 12.4 Å². The van der Waals surface area contributed by atoms with E-state index in [0.717, 1.165) is 6.42 Å². The first-order chi connectivity index (χ1) is 9.40. The van der Waals surface area contributed by atoms with Gasteiger partial charge in [0.05, 0.1) is 23.7 Å². The molecular formula is C12H20N4O4. The SMILES string of the molecule is CC1OCCC1(C)NCC(O)Cn1cc([N+](=O)[O-])cn1. The van der Waals surface area contributed by atoms with E-state index in [4.69, 9.17) is 4.74 Å². The summed E-state index contributed by atoms with van der Waals surface area (Å²) in [7, 11) is 0. The van der Waals surface area contributed by atoms with Crippen LogP contribution < -0.4 is 5.32 Å². The molecule has 0 aromatic carbocycles. The van der Waals surface area contributed by atoms with Gasteiger partial charge in [0.25, 0.3) is 0 Å². The smallest absolute Gasteiger partial charge is 0.306 e. The molecule has 112 valence electrons. The van der Waals surface area contributed by atoms with Crippen LogP contribution in [-0.4, -0.2) is 50.7 Å². The molecule has 20 heavy (non-hydrogen) atoms. The highest BCUT2D eigenvalue weighted by molar-refractivity contribution is 5.20. The van der Waals surface area contributed by atoms with Gasteiger partial charge >= 0.3 is 5.69 Å². The number of nitrogens with zero attached hydrogens (tertiary/aromatic N) is 3. The Balaban J connectivity index is 1.83. The van der Waals surface area contributed by atoms with Gasteiger partial charge in [0.2, 0.25) is 0 Å². The summed E-state index contributed by atoms with van der Waals surface area (Å²) in [5.41, 5.74) is -0.216. The van der Waals surface area contributed by atoms with Gasteiger partial charge in [-0.15, -0.1) is 0 Å². The van der Waals surface area contributed by atoms with Crippen molar-refractivity contribution < 1.29 is 14.8 Å². The molecule has 8 nitrogen and oxygen atoms in total. The molecule has 0 bridgehead atoms. The maximum atomic E-state index is 10.5. The first-order valence-electron chi connectivity index (χ1n) is 6.62. The van der Waals surface area contributed by atoms with Crippen LogP contribution in [0.5, 0.6) is 0 Å². The first kappa shape index (κ1) is 14.9. The third-order valence-corrected chi connectivity index (χ3v) is 3.86. The number of hydrogen-bond acceptors (Lipinski definition) is 6. The summed E-state index contributed by atoms with van der Waals surface area (Å²) in [5.74, 6) is 0. The maximum Gasteiger partial charge on any atom is 0.306 e. The van der Waals surface area contributed by atoms with Gasteiger partial charge < -0.3 is 15.2 Å². The van der Waals surface area contributed by atoms with Crippen molar-refractivity contribution in [3.8, 4) is 0 Å². The first-order valence-corrected chi connectivity index (χ1v) is 6.62. The van der Waals surface area contributed by atoms with E-state index in [1.54, 1.807) is 0 Å². The van der Waals surface area contributed by atoms with Crippen molar-refractivity contribution in [2.24, 2.45) is 0 Å². The molecule has 1 aromatic heterocycles. The van der Waals surface area contributed by atoms with Gasteiger partial charge in [-0.1, -0.05) is 0 Å². The van der Waals surface area contributed by atoms with Crippen LogP contribution in [0, 0.1) is 10.1 Å². The molecule has 2 heterocycles. The van der Waals surface area contributed by atoms with Gasteiger partial charge in [0.1, 0.15) is 12.4 Å². The van der Waals surface area contributed by atoms with E-state index in [-0.39, 0.29) is 23.9 Å². The lowest BCUT2D eigenvalue weighted by Gasteiger charge is -2.30. The largest absolute Gasteiger partial charge is 0.390 e. The Bertz CT molecular complexity index is 478. The zero-order valence-corrected chi connectivity index (χ0v) is 11.7. The fraction of sp³-hybridized carbons (Fsp3) is 0.750. The fourth-order valence-corrected chi connectivity index (χ4v) is 2.25. The van der Waals surface area contributed by atoms with Crippen LogP contribution in [0.4, 0.5) is 5.69 Å². The number of aromatic nitrogens is 2. The van der Waals surface area contributed by atoms with Gasteiger partial charge in [-0.2, -0.15) is 5.10 Å². The van der Waals surface area contributed by atoms with Gasteiger partial charge in [0, 0.05) is 18.7 Å². The summed E-state index contributed by atoms with van der Waals surface area (Å²) in [4.78, 5) is 10.0. The summed E-state index contributed by atoms with van der Waals surface area (Å²) in [6, 6.07) is 0. The molecule has 0 spiro atoms. The van der Waals surface area contributed by atoms with Gasteiger partial charge in [-0.3, -0.25) is 14.8 Å². The lowest BCUT2D eigenvalue weighted by atomic mass is 9.94. The number of nitro groups is 1. The van der Waals surface area contributed by atoms with Crippen LogP contribution >= 0.6 is 0 Å². The molecule has 1 fully saturated rings. The second-order valence-electron chi connectivity index (χ2n) is 5.39. The van der Waals surface area contributed by atoms with Gasteiger partial charge in [-0.25, -0.2) is 0 Å². The van der Waals surface area contributed by atoms with Crippen LogP contribution in [0.25, 0.3) is 0 Å². The summed E-state index contributed by atoms with van der Waals surface area (Å²) in [5, 5.41) is 27.7. The predicted octanol–water partition coefficient (Wildman–Crippen LogP) is 0.309. The van der Waals surface area contributed by atoms with E-state index < -0.39 is 11.0 Å². The summed E-state index contributed by atoms with van der Waals surface area (Å²) >= 11 is 0. The Kier molecular flexibility index (Phi) is 4.36. The minimum atomic E-state index is -0.667. The highest BCUT2D eigenvalue weighted by Gasteiger charge is 2.36. The summed E-state index contributed by atoms with van der Waals surface area (Å²) in [6.45, 7) is 5.38. The van der Waals surface area contributed by atoms with Crippen LogP contribution in [0.1, 0.15) is 20.3 Å². The van der Waals surface area contributed by atoms with Gasteiger partial charge in [0.15, 0.2) is 0 Å². The van der Waals surface area contributed by atoms with Crippen molar-refractivity contribution in [3.63, 3.8) is 0 Å². The van der Waals surface area contributed by atoms with Crippen LogP contribution in [0.3, 0.4) is 0 Å². The van der Waals surface area contributed by atoms with E-state index in [9.17, 15) is 15.2 Å². The van der Waals surface area contributed by atoms with Crippen molar-refractivity contribution >= 4 is 5.69 Å². The fourth-order valence-electron chi connectivity index (χ4n) is 2.25. The molecule has 2 N–H and O–H groups in total. The average Bonchev–Trinajstić information content (AvgIpc) is 2.96. The Labute approximate surface area is 116 Å². The zero-order chi connectivity index (χ0) is 14.8. The number of aliphatic hydroxyl groups excluding tert-OH is 1.